The van der Waals surface area contributed by atoms with Gasteiger partial charge in [0, 0.05) is 6.42 Å². The van der Waals surface area contributed by atoms with E-state index < -0.39 is 12.0 Å². The van der Waals surface area contributed by atoms with E-state index in [1.807, 2.05) is 0 Å². The Labute approximate surface area is 75.0 Å². The lowest BCUT2D eigenvalue weighted by molar-refractivity contribution is -0.0969. The summed E-state index contributed by atoms with van der Waals surface area (Å²) in [7, 11) is 0. The zero-order valence-electron chi connectivity index (χ0n) is 7.22. The van der Waals surface area contributed by atoms with Crippen molar-refractivity contribution in [1.29, 1.82) is 0 Å². The second-order valence-electron chi connectivity index (χ2n) is 3.49. The molecular formula is C10H10F2O. The van der Waals surface area contributed by atoms with Crippen LogP contribution >= 0.6 is 0 Å². The first-order valence-electron chi connectivity index (χ1n) is 4.16. The van der Waals surface area contributed by atoms with Crippen molar-refractivity contribution in [2.75, 3.05) is 0 Å². The molecule has 0 fully saturated rings. The van der Waals surface area contributed by atoms with Crippen LogP contribution in [0.2, 0.25) is 0 Å². The molecule has 2 rings (SSSR count). The molecule has 0 saturated carbocycles. The topological polar surface area (TPSA) is 20.2 Å². The fourth-order valence-corrected chi connectivity index (χ4v) is 1.85. The Kier molecular flexibility index (Phi) is 1.67. The van der Waals surface area contributed by atoms with E-state index >= 15 is 0 Å². The zero-order valence-corrected chi connectivity index (χ0v) is 7.22. The van der Waals surface area contributed by atoms with E-state index in [1.54, 1.807) is 25.1 Å². The molecule has 1 atom stereocenters. The molecule has 0 saturated heterocycles. The van der Waals surface area contributed by atoms with Crippen LogP contribution in [0.5, 0.6) is 0 Å². The summed E-state index contributed by atoms with van der Waals surface area (Å²) in [6.45, 7) is 1.74. The number of alkyl halides is 2. The van der Waals surface area contributed by atoms with Crippen LogP contribution in [0.25, 0.3) is 0 Å². The lowest BCUT2D eigenvalue weighted by Gasteiger charge is -2.14. The van der Waals surface area contributed by atoms with Crippen LogP contribution in [0.3, 0.4) is 0 Å². The standard InChI is InChI=1S/C10H10F2O/c1-6-3-2-4-7-5-10(11,12)9(13)8(6)7/h2-4,9,13H,5H2,1H3. The molecule has 70 valence electrons. The third-order valence-electron chi connectivity index (χ3n) is 2.51. The summed E-state index contributed by atoms with van der Waals surface area (Å²) in [5, 5.41) is 9.34. The molecule has 0 amide bonds. The number of hydrogen-bond donors (Lipinski definition) is 1. The minimum absolute atomic E-state index is 0.342. The SMILES string of the molecule is Cc1cccc2c1C(O)C(F)(F)C2. The van der Waals surface area contributed by atoms with Crippen molar-refractivity contribution in [3.05, 3.63) is 34.9 Å². The number of rotatable bonds is 0. The second kappa shape index (κ2) is 2.51. The fraction of sp³-hybridized carbons (Fsp3) is 0.400. The van der Waals surface area contributed by atoms with Crippen molar-refractivity contribution in [3.63, 3.8) is 0 Å². The van der Waals surface area contributed by atoms with Crippen molar-refractivity contribution in [2.45, 2.75) is 25.4 Å². The molecule has 1 aliphatic rings. The maximum atomic E-state index is 13.1. The second-order valence-corrected chi connectivity index (χ2v) is 3.49. The van der Waals surface area contributed by atoms with Gasteiger partial charge in [0.15, 0.2) is 0 Å². The van der Waals surface area contributed by atoms with E-state index in [2.05, 4.69) is 0 Å². The molecule has 0 heterocycles. The molecular weight excluding hydrogens is 174 g/mol. The minimum Gasteiger partial charge on any atom is -0.382 e. The van der Waals surface area contributed by atoms with Gasteiger partial charge in [-0.05, 0) is 23.6 Å². The smallest absolute Gasteiger partial charge is 0.281 e. The Morgan fingerprint density at radius 1 is 1.46 bits per heavy atom. The quantitative estimate of drug-likeness (QED) is 0.655. The van der Waals surface area contributed by atoms with Gasteiger partial charge in [-0.1, -0.05) is 18.2 Å². The highest BCUT2D eigenvalue weighted by Gasteiger charge is 2.47. The number of aliphatic hydroxyl groups excluding tert-OH is 1. The van der Waals surface area contributed by atoms with Crippen LogP contribution in [0.15, 0.2) is 18.2 Å². The Balaban J connectivity index is 2.57. The lowest BCUT2D eigenvalue weighted by atomic mass is 10.0. The molecule has 13 heavy (non-hydrogen) atoms. The van der Waals surface area contributed by atoms with Crippen LogP contribution in [0.1, 0.15) is 22.8 Å². The van der Waals surface area contributed by atoms with E-state index in [0.29, 0.717) is 11.1 Å². The van der Waals surface area contributed by atoms with Crippen molar-refractivity contribution >= 4 is 0 Å². The molecule has 1 N–H and O–H groups in total. The van der Waals surface area contributed by atoms with Crippen molar-refractivity contribution in [3.8, 4) is 0 Å². The third kappa shape index (κ3) is 1.15. The van der Waals surface area contributed by atoms with E-state index in [-0.39, 0.29) is 6.42 Å². The Morgan fingerprint density at radius 2 is 2.15 bits per heavy atom. The molecule has 1 aromatic carbocycles. The van der Waals surface area contributed by atoms with E-state index in [1.165, 1.54) is 0 Å². The molecule has 0 bridgehead atoms. The number of aryl methyl sites for hydroxylation is 1. The molecule has 1 unspecified atom stereocenters. The van der Waals surface area contributed by atoms with Gasteiger partial charge >= 0.3 is 0 Å². The monoisotopic (exact) mass is 184 g/mol. The third-order valence-corrected chi connectivity index (χ3v) is 2.51. The van der Waals surface area contributed by atoms with Crippen LogP contribution < -0.4 is 0 Å². The average molecular weight is 184 g/mol. The van der Waals surface area contributed by atoms with Gasteiger partial charge in [0.05, 0.1) is 0 Å². The average Bonchev–Trinajstić information content (AvgIpc) is 2.24. The molecule has 1 aliphatic carbocycles. The van der Waals surface area contributed by atoms with Crippen LogP contribution in [-0.2, 0) is 6.42 Å². The summed E-state index contributed by atoms with van der Waals surface area (Å²) in [6.07, 6.45) is -1.96. The highest BCUT2D eigenvalue weighted by Crippen LogP contribution is 2.44. The zero-order chi connectivity index (χ0) is 9.64. The maximum absolute atomic E-state index is 13.1. The van der Waals surface area contributed by atoms with Gasteiger partial charge in [0.2, 0.25) is 0 Å². The first-order valence-corrected chi connectivity index (χ1v) is 4.16. The summed E-state index contributed by atoms with van der Waals surface area (Å²) in [5.41, 5.74) is 1.71. The first kappa shape index (κ1) is 8.63. The molecule has 1 aromatic rings. The highest BCUT2D eigenvalue weighted by molar-refractivity contribution is 5.42. The van der Waals surface area contributed by atoms with E-state index in [9.17, 15) is 13.9 Å². The fourth-order valence-electron chi connectivity index (χ4n) is 1.85. The van der Waals surface area contributed by atoms with Crippen molar-refractivity contribution in [1.82, 2.24) is 0 Å². The van der Waals surface area contributed by atoms with E-state index in [0.717, 1.165) is 5.56 Å². The Hall–Kier alpha value is -0.960. The largest absolute Gasteiger partial charge is 0.382 e. The van der Waals surface area contributed by atoms with E-state index in [4.69, 9.17) is 0 Å². The molecule has 0 radical (unpaired) electrons. The highest BCUT2D eigenvalue weighted by atomic mass is 19.3. The van der Waals surface area contributed by atoms with Gasteiger partial charge in [0.25, 0.3) is 5.92 Å². The van der Waals surface area contributed by atoms with Gasteiger partial charge in [0.1, 0.15) is 6.10 Å². The van der Waals surface area contributed by atoms with Crippen LogP contribution in [0.4, 0.5) is 8.78 Å². The van der Waals surface area contributed by atoms with Crippen molar-refractivity contribution < 1.29 is 13.9 Å². The number of fused-ring (bicyclic) bond motifs is 1. The number of halogens is 2. The summed E-state index contributed by atoms with van der Waals surface area (Å²) in [4.78, 5) is 0. The molecule has 0 spiro atoms. The summed E-state index contributed by atoms with van der Waals surface area (Å²) < 4.78 is 26.1. The van der Waals surface area contributed by atoms with Crippen LogP contribution in [-0.4, -0.2) is 11.0 Å². The van der Waals surface area contributed by atoms with Gasteiger partial charge in [-0.25, -0.2) is 8.78 Å². The predicted octanol–water partition coefficient (Wildman–Crippen LogP) is 2.22. The molecule has 0 aliphatic heterocycles. The summed E-state index contributed by atoms with van der Waals surface area (Å²) in [5.74, 6) is -2.99. The number of hydrogen-bond acceptors (Lipinski definition) is 1. The minimum atomic E-state index is -2.99. The summed E-state index contributed by atoms with van der Waals surface area (Å²) in [6, 6.07) is 5.12. The predicted molar refractivity (Wildman–Crippen MR) is 44.8 cm³/mol. The molecule has 3 heteroatoms. The van der Waals surface area contributed by atoms with Crippen molar-refractivity contribution in [2.24, 2.45) is 0 Å². The number of aliphatic hydroxyl groups is 1. The van der Waals surface area contributed by atoms with Gasteiger partial charge < -0.3 is 5.11 Å². The van der Waals surface area contributed by atoms with Gasteiger partial charge in [-0.15, -0.1) is 0 Å². The summed E-state index contributed by atoms with van der Waals surface area (Å²) >= 11 is 0. The molecule has 1 nitrogen and oxygen atoms in total. The van der Waals surface area contributed by atoms with Gasteiger partial charge in [-0.2, -0.15) is 0 Å². The lowest BCUT2D eigenvalue weighted by Crippen LogP contribution is -2.21. The Bertz CT molecular complexity index is 347. The van der Waals surface area contributed by atoms with Crippen LogP contribution in [0, 0.1) is 6.92 Å². The first-order chi connectivity index (χ1) is 6.02. The Morgan fingerprint density at radius 3 is 2.77 bits per heavy atom. The van der Waals surface area contributed by atoms with Gasteiger partial charge in [-0.3, -0.25) is 0 Å². The number of benzene rings is 1. The normalized spacial score (nSPS) is 24.5. The maximum Gasteiger partial charge on any atom is 0.281 e. The molecule has 0 aromatic heterocycles.